The summed E-state index contributed by atoms with van der Waals surface area (Å²) >= 11 is 5.67. The Morgan fingerprint density at radius 3 is 2.94 bits per heavy atom. The number of hydrogen-bond acceptors (Lipinski definition) is 4. The van der Waals surface area contributed by atoms with Crippen LogP contribution in [0.15, 0.2) is 30.7 Å². The van der Waals surface area contributed by atoms with Crippen LogP contribution in [0.25, 0.3) is 0 Å². The lowest BCUT2D eigenvalue weighted by molar-refractivity contribution is 0.102. The van der Waals surface area contributed by atoms with Gasteiger partial charge in [0, 0.05) is 11.9 Å². The van der Waals surface area contributed by atoms with Crippen molar-refractivity contribution >= 4 is 23.3 Å². The fraction of sp³-hybridized carbons (Fsp3) is 0.0909. The van der Waals surface area contributed by atoms with Gasteiger partial charge < -0.3 is 5.32 Å². The second kappa shape index (κ2) is 4.88. The fourth-order valence-corrected chi connectivity index (χ4v) is 1.46. The molecule has 86 valence electrons. The Kier molecular flexibility index (Phi) is 3.30. The normalized spacial score (nSPS) is 10.0. The van der Waals surface area contributed by atoms with Gasteiger partial charge in [-0.25, -0.2) is 4.98 Å². The molecule has 0 spiro atoms. The van der Waals surface area contributed by atoms with E-state index in [1.807, 2.05) is 0 Å². The summed E-state index contributed by atoms with van der Waals surface area (Å²) in [5.41, 5.74) is 1.15. The molecule has 5 nitrogen and oxygen atoms in total. The van der Waals surface area contributed by atoms with E-state index in [0.717, 1.165) is 0 Å². The van der Waals surface area contributed by atoms with Crippen LogP contribution in [0.3, 0.4) is 0 Å². The number of hydrogen-bond donors (Lipinski definition) is 1. The summed E-state index contributed by atoms with van der Waals surface area (Å²) in [7, 11) is 0. The van der Waals surface area contributed by atoms with Crippen LogP contribution >= 0.6 is 11.6 Å². The molecule has 1 amide bonds. The highest BCUT2D eigenvalue weighted by Crippen LogP contribution is 2.10. The molecule has 0 saturated carbocycles. The van der Waals surface area contributed by atoms with Gasteiger partial charge in [-0.1, -0.05) is 11.6 Å². The molecule has 2 heterocycles. The van der Waals surface area contributed by atoms with E-state index < -0.39 is 0 Å². The molecule has 0 atom stereocenters. The summed E-state index contributed by atoms with van der Waals surface area (Å²) in [5.74, 6) is 0.0259. The number of pyridine rings is 1. The number of amides is 1. The third-order valence-corrected chi connectivity index (χ3v) is 2.28. The molecule has 0 radical (unpaired) electrons. The minimum Gasteiger partial charge on any atom is -0.305 e. The minimum atomic E-state index is -0.285. The third kappa shape index (κ3) is 2.76. The average Bonchev–Trinajstić information content (AvgIpc) is 2.29. The molecule has 2 aromatic rings. The van der Waals surface area contributed by atoms with Crippen LogP contribution in [0.5, 0.6) is 0 Å². The molecule has 0 aliphatic heterocycles. The van der Waals surface area contributed by atoms with Crippen molar-refractivity contribution in [3.8, 4) is 0 Å². The van der Waals surface area contributed by atoms with Crippen LogP contribution < -0.4 is 5.32 Å². The Hall–Kier alpha value is -2.01. The van der Waals surface area contributed by atoms with Gasteiger partial charge in [0.1, 0.15) is 5.15 Å². The van der Waals surface area contributed by atoms with Gasteiger partial charge in [0.15, 0.2) is 5.82 Å². The Morgan fingerprint density at radius 2 is 2.24 bits per heavy atom. The van der Waals surface area contributed by atoms with Gasteiger partial charge in [-0.2, -0.15) is 0 Å². The van der Waals surface area contributed by atoms with Crippen molar-refractivity contribution in [2.75, 3.05) is 5.32 Å². The van der Waals surface area contributed by atoms with Crippen molar-refractivity contribution in [2.45, 2.75) is 6.92 Å². The van der Waals surface area contributed by atoms with E-state index in [0.29, 0.717) is 17.1 Å². The number of carbonyl (C=O) groups is 1. The number of halogens is 1. The molecule has 0 unspecified atom stereocenters. The Labute approximate surface area is 103 Å². The largest absolute Gasteiger partial charge is 0.305 e. The predicted molar refractivity (Wildman–Crippen MR) is 64.0 cm³/mol. The maximum Gasteiger partial charge on any atom is 0.258 e. The highest BCUT2D eigenvalue weighted by molar-refractivity contribution is 6.29. The highest BCUT2D eigenvalue weighted by Gasteiger charge is 2.10. The first-order chi connectivity index (χ1) is 8.16. The smallest absolute Gasteiger partial charge is 0.258 e. The topological polar surface area (TPSA) is 67.8 Å². The first-order valence-electron chi connectivity index (χ1n) is 4.87. The Bertz CT molecular complexity index is 559. The van der Waals surface area contributed by atoms with Gasteiger partial charge in [-0.15, -0.1) is 0 Å². The van der Waals surface area contributed by atoms with E-state index in [4.69, 9.17) is 11.6 Å². The summed E-state index contributed by atoms with van der Waals surface area (Å²) < 4.78 is 0. The number of nitrogens with zero attached hydrogens (tertiary/aromatic N) is 3. The predicted octanol–water partition coefficient (Wildman–Crippen LogP) is 2.09. The number of aryl methyl sites for hydroxylation is 1. The number of carbonyl (C=O) groups excluding carboxylic acids is 1. The van der Waals surface area contributed by atoms with Crippen molar-refractivity contribution in [2.24, 2.45) is 0 Å². The number of anilines is 1. The lowest BCUT2D eigenvalue weighted by Crippen LogP contribution is -2.15. The van der Waals surface area contributed by atoms with Crippen molar-refractivity contribution in [3.63, 3.8) is 0 Å². The second-order valence-corrected chi connectivity index (χ2v) is 3.70. The van der Waals surface area contributed by atoms with E-state index >= 15 is 0 Å². The van der Waals surface area contributed by atoms with Gasteiger partial charge in [-0.3, -0.25) is 14.8 Å². The van der Waals surface area contributed by atoms with Crippen LogP contribution in [0.1, 0.15) is 16.1 Å². The monoisotopic (exact) mass is 248 g/mol. The Balaban J connectivity index is 2.20. The summed E-state index contributed by atoms with van der Waals surface area (Å²) in [6.45, 7) is 1.76. The maximum absolute atomic E-state index is 11.9. The molecule has 0 aliphatic carbocycles. The van der Waals surface area contributed by atoms with Gasteiger partial charge in [-0.05, 0) is 19.1 Å². The molecule has 2 rings (SSSR count). The van der Waals surface area contributed by atoms with Crippen molar-refractivity contribution in [1.29, 1.82) is 0 Å². The summed E-state index contributed by atoms with van der Waals surface area (Å²) in [6, 6.07) is 3.39. The van der Waals surface area contributed by atoms with Crippen LogP contribution in [0.4, 0.5) is 5.82 Å². The SMILES string of the molecule is Cc1ncccc1C(=O)Nc1cncc(Cl)n1. The zero-order valence-electron chi connectivity index (χ0n) is 9.01. The number of aromatic nitrogens is 3. The third-order valence-electron chi connectivity index (χ3n) is 2.10. The van der Waals surface area contributed by atoms with Crippen molar-refractivity contribution in [1.82, 2.24) is 15.0 Å². The van der Waals surface area contributed by atoms with Gasteiger partial charge in [0.05, 0.1) is 18.0 Å². The number of rotatable bonds is 2. The summed E-state index contributed by atoms with van der Waals surface area (Å²) in [4.78, 5) is 23.7. The number of nitrogens with one attached hydrogen (secondary N) is 1. The van der Waals surface area contributed by atoms with Crippen LogP contribution in [-0.4, -0.2) is 20.9 Å². The van der Waals surface area contributed by atoms with Crippen LogP contribution in [0.2, 0.25) is 5.15 Å². The molecule has 0 fully saturated rings. The summed E-state index contributed by atoms with van der Waals surface area (Å²) in [6.07, 6.45) is 4.45. The maximum atomic E-state index is 11.9. The second-order valence-electron chi connectivity index (χ2n) is 3.32. The fourth-order valence-electron chi connectivity index (χ4n) is 1.31. The lowest BCUT2D eigenvalue weighted by Gasteiger charge is -2.05. The molecule has 0 aromatic carbocycles. The molecule has 0 bridgehead atoms. The molecule has 0 saturated heterocycles. The highest BCUT2D eigenvalue weighted by atomic mass is 35.5. The summed E-state index contributed by atoms with van der Waals surface area (Å²) in [5, 5.41) is 2.83. The van der Waals surface area contributed by atoms with E-state index in [-0.39, 0.29) is 11.1 Å². The first kappa shape index (κ1) is 11.5. The van der Waals surface area contributed by atoms with Crippen molar-refractivity contribution in [3.05, 3.63) is 47.1 Å². The van der Waals surface area contributed by atoms with Crippen molar-refractivity contribution < 1.29 is 4.79 Å². The zero-order valence-corrected chi connectivity index (χ0v) is 9.77. The van der Waals surface area contributed by atoms with Gasteiger partial charge in [0.25, 0.3) is 5.91 Å². The van der Waals surface area contributed by atoms with E-state index in [9.17, 15) is 4.79 Å². The minimum absolute atomic E-state index is 0.228. The van der Waals surface area contributed by atoms with Gasteiger partial charge in [0.2, 0.25) is 0 Å². The Morgan fingerprint density at radius 1 is 1.41 bits per heavy atom. The van der Waals surface area contributed by atoms with E-state index in [2.05, 4.69) is 20.3 Å². The molecule has 6 heteroatoms. The first-order valence-corrected chi connectivity index (χ1v) is 5.25. The van der Waals surface area contributed by atoms with Gasteiger partial charge >= 0.3 is 0 Å². The molecular formula is C11H9ClN4O. The van der Waals surface area contributed by atoms with Crippen LogP contribution in [0, 0.1) is 6.92 Å². The standard InChI is InChI=1S/C11H9ClN4O/c1-7-8(3-2-4-14-7)11(17)16-10-6-13-5-9(12)15-10/h2-6H,1H3,(H,15,16,17). The quantitative estimate of drug-likeness (QED) is 0.884. The molecular weight excluding hydrogens is 240 g/mol. The van der Waals surface area contributed by atoms with Crippen LogP contribution in [-0.2, 0) is 0 Å². The average molecular weight is 249 g/mol. The molecule has 2 aromatic heterocycles. The van der Waals surface area contributed by atoms with E-state index in [1.54, 1.807) is 25.3 Å². The van der Waals surface area contributed by atoms with E-state index in [1.165, 1.54) is 12.4 Å². The molecule has 0 aliphatic rings. The lowest BCUT2D eigenvalue weighted by atomic mass is 10.2. The molecule has 1 N–H and O–H groups in total. The molecule has 17 heavy (non-hydrogen) atoms. The zero-order chi connectivity index (χ0) is 12.3.